The van der Waals surface area contributed by atoms with Crippen LogP contribution in [-0.4, -0.2) is 40.8 Å². The Hall–Kier alpha value is -0.720. The van der Waals surface area contributed by atoms with Crippen LogP contribution in [0.15, 0.2) is 22.5 Å². The van der Waals surface area contributed by atoms with Crippen LogP contribution in [0.3, 0.4) is 0 Å². The number of thioether (sulfide) groups is 1. The lowest BCUT2D eigenvalue weighted by Crippen LogP contribution is -2.58. The lowest BCUT2D eigenvalue weighted by Gasteiger charge is -2.45. The molecule has 1 aliphatic rings. The molecule has 0 saturated heterocycles. The van der Waals surface area contributed by atoms with Crippen molar-refractivity contribution in [2.45, 2.75) is 44.1 Å². The molecule has 0 radical (unpaired) electrons. The first-order valence-corrected chi connectivity index (χ1v) is 9.49. The number of thiophene rings is 1. The van der Waals surface area contributed by atoms with Crippen LogP contribution in [0.2, 0.25) is 0 Å². The molecule has 3 N–H and O–H groups in total. The molecule has 2 atom stereocenters. The summed E-state index contributed by atoms with van der Waals surface area (Å²) in [4.78, 5) is 5.82. The summed E-state index contributed by atoms with van der Waals surface area (Å²) in [6.45, 7) is 6.26. The molecule has 1 aromatic heterocycles. The maximum absolute atomic E-state index is 10.6. The minimum absolute atomic E-state index is 0.357. The molecule has 0 aliphatic heterocycles. The minimum atomic E-state index is -0.584. The molecule has 0 aromatic carbocycles. The Morgan fingerprint density at radius 2 is 2.38 bits per heavy atom. The second kappa shape index (κ2) is 8.06. The number of rotatable bonds is 7. The molecule has 4 nitrogen and oxygen atoms in total. The first-order valence-electron chi connectivity index (χ1n) is 7.56. The van der Waals surface area contributed by atoms with Gasteiger partial charge in [-0.05, 0) is 37.0 Å². The van der Waals surface area contributed by atoms with Gasteiger partial charge >= 0.3 is 0 Å². The van der Waals surface area contributed by atoms with Gasteiger partial charge in [-0.2, -0.15) is 11.8 Å². The number of aliphatic imine (C=N–C) groups is 1. The Labute approximate surface area is 135 Å². The molecule has 1 aromatic rings. The standard InChI is InChI=1S/C15H25N3OS2/c1-3-16-14(17-10-12-6-5-9-21-12)18-11-15(19)8-7-13(15)20-4-2/h5-6,9,13,19H,3-4,7-8,10-11H2,1-2H3,(H2,16,17,18). The summed E-state index contributed by atoms with van der Waals surface area (Å²) in [5, 5.41) is 19.6. The van der Waals surface area contributed by atoms with Crippen LogP contribution in [0.1, 0.15) is 31.6 Å². The summed E-state index contributed by atoms with van der Waals surface area (Å²) in [6.07, 6.45) is 1.99. The van der Waals surface area contributed by atoms with Crippen molar-refractivity contribution in [3.05, 3.63) is 22.4 Å². The molecule has 1 aliphatic carbocycles. The van der Waals surface area contributed by atoms with Crippen LogP contribution in [-0.2, 0) is 6.54 Å². The van der Waals surface area contributed by atoms with E-state index in [1.807, 2.05) is 17.8 Å². The fourth-order valence-corrected chi connectivity index (χ4v) is 4.20. The lowest BCUT2D eigenvalue weighted by molar-refractivity contribution is -0.0198. The van der Waals surface area contributed by atoms with Crippen molar-refractivity contribution in [1.29, 1.82) is 0 Å². The van der Waals surface area contributed by atoms with Gasteiger partial charge in [0.1, 0.15) is 0 Å². The second-order valence-electron chi connectivity index (χ2n) is 5.21. The maximum Gasteiger partial charge on any atom is 0.191 e. The Morgan fingerprint density at radius 3 is 2.95 bits per heavy atom. The highest BCUT2D eigenvalue weighted by Crippen LogP contribution is 2.40. The minimum Gasteiger partial charge on any atom is -0.387 e. The number of aliphatic hydroxyl groups is 1. The third kappa shape index (κ3) is 4.63. The normalized spacial score (nSPS) is 25.5. The van der Waals surface area contributed by atoms with Crippen molar-refractivity contribution in [3.63, 3.8) is 0 Å². The van der Waals surface area contributed by atoms with Crippen molar-refractivity contribution >= 4 is 29.1 Å². The van der Waals surface area contributed by atoms with E-state index in [1.54, 1.807) is 11.3 Å². The van der Waals surface area contributed by atoms with E-state index in [1.165, 1.54) is 4.88 Å². The number of nitrogens with one attached hydrogen (secondary N) is 2. The summed E-state index contributed by atoms with van der Waals surface area (Å²) in [5.74, 6) is 1.84. The molecule has 1 fully saturated rings. The topological polar surface area (TPSA) is 56.7 Å². The molecule has 21 heavy (non-hydrogen) atoms. The van der Waals surface area contributed by atoms with E-state index in [0.29, 0.717) is 18.3 Å². The van der Waals surface area contributed by atoms with E-state index >= 15 is 0 Å². The van der Waals surface area contributed by atoms with E-state index in [4.69, 9.17) is 0 Å². The Kier molecular flexibility index (Phi) is 6.39. The smallest absolute Gasteiger partial charge is 0.191 e. The number of hydrogen-bond acceptors (Lipinski definition) is 4. The van der Waals surface area contributed by atoms with Crippen LogP contribution < -0.4 is 10.6 Å². The highest BCUT2D eigenvalue weighted by molar-refractivity contribution is 8.00. The molecule has 118 valence electrons. The fourth-order valence-electron chi connectivity index (χ4n) is 2.38. The van der Waals surface area contributed by atoms with Crippen molar-refractivity contribution in [1.82, 2.24) is 10.6 Å². The van der Waals surface area contributed by atoms with E-state index in [0.717, 1.165) is 31.1 Å². The largest absolute Gasteiger partial charge is 0.387 e. The molecule has 1 heterocycles. The zero-order chi connectivity index (χ0) is 15.1. The van der Waals surface area contributed by atoms with Crippen LogP contribution >= 0.6 is 23.1 Å². The third-order valence-corrected chi connectivity index (χ3v) is 5.96. The van der Waals surface area contributed by atoms with Gasteiger partial charge in [0.05, 0.1) is 12.1 Å². The second-order valence-corrected chi connectivity index (χ2v) is 7.73. The number of hydrogen-bond donors (Lipinski definition) is 3. The van der Waals surface area contributed by atoms with Crippen molar-refractivity contribution in [3.8, 4) is 0 Å². The Bertz CT molecular complexity index is 450. The van der Waals surface area contributed by atoms with E-state index in [2.05, 4.69) is 40.9 Å². The molecular formula is C15H25N3OS2. The van der Waals surface area contributed by atoms with Crippen LogP contribution in [0, 0.1) is 0 Å². The SMILES string of the molecule is CCNC(=NCc1cccs1)NCC1(O)CCC1SCC. The fraction of sp³-hybridized carbons (Fsp3) is 0.667. The van der Waals surface area contributed by atoms with Crippen LogP contribution in [0.5, 0.6) is 0 Å². The average molecular weight is 328 g/mol. The van der Waals surface area contributed by atoms with Gasteiger partial charge in [0.2, 0.25) is 0 Å². The highest BCUT2D eigenvalue weighted by atomic mass is 32.2. The first kappa shape index (κ1) is 16.6. The molecule has 0 bridgehead atoms. The maximum atomic E-state index is 10.6. The number of nitrogens with zero attached hydrogens (tertiary/aromatic N) is 1. The van der Waals surface area contributed by atoms with Gasteiger partial charge in [-0.25, -0.2) is 4.99 Å². The zero-order valence-corrected chi connectivity index (χ0v) is 14.4. The highest BCUT2D eigenvalue weighted by Gasteiger charge is 2.45. The van der Waals surface area contributed by atoms with Gasteiger partial charge < -0.3 is 15.7 Å². The van der Waals surface area contributed by atoms with Crippen molar-refractivity contribution in [2.24, 2.45) is 4.99 Å². The molecule has 0 spiro atoms. The first-order chi connectivity index (χ1) is 10.2. The summed E-state index contributed by atoms with van der Waals surface area (Å²) < 4.78 is 0. The van der Waals surface area contributed by atoms with Crippen LogP contribution in [0.25, 0.3) is 0 Å². The van der Waals surface area contributed by atoms with Gasteiger partial charge in [0.15, 0.2) is 5.96 Å². The predicted octanol–water partition coefficient (Wildman–Crippen LogP) is 2.45. The van der Waals surface area contributed by atoms with Gasteiger partial charge in [-0.1, -0.05) is 13.0 Å². The zero-order valence-electron chi connectivity index (χ0n) is 12.8. The molecule has 2 rings (SSSR count). The van der Waals surface area contributed by atoms with Gasteiger partial charge in [-0.3, -0.25) is 0 Å². The Morgan fingerprint density at radius 1 is 1.52 bits per heavy atom. The van der Waals surface area contributed by atoms with Crippen molar-refractivity contribution < 1.29 is 5.11 Å². The van der Waals surface area contributed by atoms with E-state index in [-0.39, 0.29) is 0 Å². The van der Waals surface area contributed by atoms with Crippen molar-refractivity contribution in [2.75, 3.05) is 18.8 Å². The monoisotopic (exact) mass is 327 g/mol. The summed E-state index contributed by atoms with van der Waals surface area (Å²) in [5.41, 5.74) is -0.584. The molecular weight excluding hydrogens is 302 g/mol. The van der Waals surface area contributed by atoms with Gasteiger partial charge in [0, 0.05) is 23.2 Å². The third-order valence-electron chi connectivity index (χ3n) is 3.69. The summed E-state index contributed by atoms with van der Waals surface area (Å²) in [6, 6.07) is 4.13. The molecule has 0 amide bonds. The molecule has 2 unspecified atom stereocenters. The summed E-state index contributed by atoms with van der Waals surface area (Å²) in [7, 11) is 0. The average Bonchev–Trinajstić information content (AvgIpc) is 2.99. The Balaban J connectivity index is 1.86. The molecule has 6 heteroatoms. The summed E-state index contributed by atoms with van der Waals surface area (Å²) >= 11 is 3.57. The lowest BCUT2D eigenvalue weighted by atomic mass is 9.79. The quantitative estimate of drug-likeness (QED) is 0.532. The van der Waals surface area contributed by atoms with Gasteiger partial charge in [-0.15, -0.1) is 11.3 Å². The predicted molar refractivity (Wildman–Crippen MR) is 93.2 cm³/mol. The molecule has 1 saturated carbocycles. The van der Waals surface area contributed by atoms with E-state index < -0.39 is 5.60 Å². The van der Waals surface area contributed by atoms with Gasteiger partial charge in [0.25, 0.3) is 0 Å². The number of guanidine groups is 1. The van der Waals surface area contributed by atoms with Crippen LogP contribution in [0.4, 0.5) is 0 Å². The van der Waals surface area contributed by atoms with E-state index in [9.17, 15) is 5.11 Å².